The third kappa shape index (κ3) is 3.07. The number of anilines is 2. The number of hydrogen-bond donors (Lipinski definition) is 1. The predicted octanol–water partition coefficient (Wildman–Crippen LogP) is 2.17. The Morgan fingerprint density at radius 3 is 2.56 bits per heavy atom. The highest BCUT2D eigenvalue weighted by Gasteiger charge is 2.30. The summed E-state index contributed by atoms with van der Waals surface area (Å²) in [6, 6.07) is 14.5. The van der Waals surface area contributed by atoms with Gasteiger partial charge in [-0.2, -0.15) is 0 Å². The van der Waals surface area contributed by atoms with Gasteiger partial charge in [-0.25, -0.2) is 8.42 Å². The van der Waals surface area contributed by atoms with E-state index >= 15 is 0 Å². The maximum absolute atomic E-state index is 12.4. The minimum atomic E-state index is -3.19. The monoisotopic (exact) mass is 358 g/mol. The van der Waals surface area contributed by atoms with Crippen LogP contribution in [0.15, 0.2) is 48.5 Å². The molecule has 7 heteroatoms. The third-order valence-electron chi connectivity index (χ3n) is 4.46. The lowest BCUT2D eigenvalue weighted by molar-refractivity contribution is -0.122. The minimum absolute atomic E-state index is 0.186. The van der Waals surface area contributed by atoms with Crippen LogP contribution in [-0.4, -0.2) is 32.7 Å². The molecular formula is C18H18N2O4S. The molecule has 1 N–H and O–H groups in total. The van der Waals surface area contributed by atoms with Crippen molar-refractivity contribution < 1.29 is 17.9 Å². The molecule has 2 aromatic rings. The summed E-state index contributed by atoms with van der Waals surface area (Å²) in [7, 11) is -3.19. The molecule has 0 bridgehead atoms. The SMILES string of the molecule is O=C(Nc1ccc(N2CCCS2(=O)=O)cc1)C1Cc2ccccc2O1. The predicted molar refractivity (Wildman–Crippen MR) is 95.4 cm³/mol. The summed E-state index contributed by atoms with van der Waals surface area (Å²) in [5.74, 6) is 0.723. The molecule has 1 amide bonds. The Labute approximate surface area is 146 Å². The Morgan fingerprint density at radius 2 is 1.88 bits per heavy atom. The lowest BCUT2D eigenvalue weighted by atomic mass is 10.1. The largest absolute Gasteiger partial charge is 0.480 e. The number of rotatable bonds is 3. The first-order chi connectivity index (χ1) is 12.0. The molecule has 0 saturated carbocycles. The molecule has 2 aliphatic rings. The average molecular weight is 358 g/mol. The zero-order valence-corrected chi connectivity index (χ0v) is 14.3. The number of nitrogens with one attached hydrogen (secondary N) is 1. The van der Waals surface area contributed by atoms with Crippen LogP contribution < -0.4 is 14.4 Å². The molecular weight excluding hydrogens is 340 g/mol. The second-order valence-corrected chi connectivity index (χ2v) is 8.21. The van der Waals surface area contributed by atoms with E-state index in [0.717, 1.165) is 11.3 Å². The lowest BCUT2D eigenvalue weighted by Crippen LogP contribution is -2.31. The third-order valence-corrected chi connectivity index (χ3v) is 6.33. The van der Waals surface area contributed by atoms with Gasteiger partial charge in [0.2, 0.25) is 10.0 Å². The maximum Gasteiger partial charge on any atom is 0.265 e. The molecule has 6 nitrogen and oxygen atoms in total. The molecule has 2 aromatic carbocycles. The van der Waals surface area contributed by atoms with Crippen molar-refractivity contribution in [2.75, 3.05) is 21.9 Å². The molecule has 1 unspecified atom stereocenters. The highest BCUT2D eigenvalue weighted by atomic mass is 32.2. The number of carbonyl (C=O) groups excluding carboxylic acids is 1. The van der Waals surface area contributed by atoms with E-state index in [4.69, 9.17) is 4.74 Å². The topological polar surface area (TPSA) is 75.7 Å². The second-order valence-electron chi connectivity index (χ2n) is 6.20. The van der Waals surface area contributed by atoms with E-state index in [1.165, 1.54) is 4.31 Å². The normalized spacial score (nSPS) is 20.8. The highest BCUT2D eigenvalue weighted by molar-refractivity contribution is 7.93. The Kier molecular flexibility index (Phi) is 3.88. The van der Waals surface area contributed by atoms with Crippen molar-refractivity contribution in [1.82, 2.24) is 0 Å². The van der Waals surface area contributed by atoms with Gasteiger partial charge in [-0.1, -0.05) is 18.2 Å². The number of hydrogen-bond acceptors (Lipinski definition) is 4. The molecule has 130 valence electrons. The van der Waals surface area contributed by atoms with Gasteiger partial charge < -0.3 is 10.1 Å². The van der Waals surface area contributed by atoms with E-state index in [0.29, 0.717) is 30.8 Å². The van der Waals surface area contributed by atoms with Gasteiger partial charge in [0.1, 0.15) is 5.75 Å². The van der Waals surface area contributed by atoms with Crippen molar-refractivity contribution in [3.63, 3.8) is 0 Å². The van der Waals surface area contributed by atoms with Gasteiger partial charge >= 0.3 is 0 Å². The Bertz CT molecular complexity index is 884. The quantitative estimate of drug-likeness (QED) is 0.912. The van der Waals surface area contributed by atoms with E-state index in [-0.39, 0.29) is 11.7 Å². The number of benzene rings is 2. The van der Waals surface area contributed by atoms with E-state index < -0.39 is 16.1 Å². The summed E-state index contributed by atoms with van der Waals surface area (Å²) in [5, 5.41) is 2.83. The van der Waals surface area contributed by atoms with Crippen molar-refractivity contribution in [2.45, 2.75) is 18.9 Å². The van der Waals surface area contributed by atoms with Crippen LogP contribution >= 0.6 is 0 Å². The maximum atomic E-state index is 12.4. The Balaban J connectivity index is 1.43. The first kappa shape index (κ1) is 16.0. The average Bonchev–Trinajstić information content (AvgIpc) is 3.18. The van der Waals surface area contributed by atoms with Crippen molar-refractivity contribution >= 4 is 27.3 Å². The molecule has 4 rings (SSSR count). The molecule has 1 atom stereocenters. The number of fused-ring (bicyclic) bond motifs is 1. The van der Waals surface area contributed by atoms with Gasteiger partial charge in [-0.05, 0) is 42.3 Å². The number of amides is 1. The van der Waals surface area contributed by atoms with Crippen LogP contribution in [-0.2, 0) is 21.2 Å². The molecule has 0 spiro atoms. The van der Waals surface area contributed by atoms with E-state index in [2.05, 4.69) is 5.32 Å². The van der Waals surface area contributed by atoms with Crippen LogP contribution in [0.4, 0.5) is 11.4 Å². The molecule has 0 aliphatic carbocycles. The van der Waals surface area contributed by atoms with Gasteiger partial charge in [0.25, 0.3) is 5.91 Å². The summed E-state index contributed by atoms with van der Waals surface area (Å²) in [6.45, 7) is 0.502. The van der Waals surface area contributed by atoms with Crippen LogP contribution in [0.3, 0.4) is 0 Å². The van der Waals surface area contributed by atoms with Gasteiger partial charge in [0.05, 0.1) is 11.4 Å². The number of carbonyl (C=O) groups is 1. The second kappa shape index (κ2) is 6.07. The van der Waals surface area contributed by atoms with Gasteiger partial charge in [0.15, 0.2) is 6.10 Å². The molecule has 0 radical (unpaired) electrons. The number of para-hydroxylation sites is 1. The fraction of sp³-hybridized carbons (Fsp3) is 0.278. The summed E-state index contributed by atoms with van der Waals surface area (Å²) < 4.78 is 31.0. The molecule has 25 heavy (non-hydrogen) atoms. The van der Waals surface area contributed by atoms with Crippen LogP contribution in [0.2, 0.25) is 0 Å². The number of ether oxygens (including phenoxy) is 1. The molecule has 1 fully saturated rings. The first-order valence-electron chi connectivity index (χ1n) is 8.19. The van der Waals surface area contributed by atoms with Crippen molar-refractivity contribution in [1.29, 1.82) is 0 Å². The summed E-state index contributed by atoms with van der Waals surface area (Å²) in [4.78, 5) is 12.4. The van der Waals surface area contributed by atoms with Crippen LogP contribution in [0.1, 0.15) is 12.0 Å². The fourth-order valence-electron chi connectivity index (χ4n) is 3.19. The van der Waals surface area contributed by atoms with Gasteiger partial charge in [-0.15, -0.1) is 0 Å². The van der Waals surface area contributed by atoms with Crippen LogP contribution in [0, 0.1) is 0 Å². The summed E-state index contributed by atoms with van der Waals surface area (Å²) in [5.41, 5.74) is 2.27. The minimum Gasteiger partial charge on any atom is -0.480 e. The summed E-state index contributed by atoms with van der Waals surface area (Å²) in [6.07, 6.45) is 0.642. The van der Waals surface area contributed by atoms with Crippen LogP contribution in [0.25, 0.3) is 0 Å². The number of sulfonamides is 1. The van der Waals surface area contributed by atoms with Gasteiger partial charge in [0, 0.05) is 18.7 Å². The van der Waals surface area contributed by atoms with E-state index in [1.807, 2.05) is 24.3 Å². The number of nitrogens with zero attached hydrogens (tertiary/aromatic N) is 1. The molecule has 0 aromatic heterocycles. The van der Waals surface area contributed by atoms with Crippen molar-refractivity contribution in [3.05, 3.63) is 54.1 Å². The van der Waals surface area contributed by atoms with Gasteiger partial charge in [-0.3, -0.25) is 9.10 Å². The Morgan fingerprint density at radius 1 is 1.12 bits per heavy atom. The lowest BCUT2D eigenvalue weighted by Gasteiger charge is -2.17. The Hall–Kier alpha value is -2.54. The smallest absolute Gasteiger partial charge is 0.265 e. The zero-order chi connectivity index (χ0) is 17.4. The van der Waals surface area contributed by atoms with Crippen molar-refractivity contribution in [2.24, 2.45) is 0 Å². The van der Waals surface area contributed by atoms with Crippen molar-refractivity contribution in [3.8, 4) is 5.75 Å². The molecule has 2 heterocycles. The summed E-state index contributed by atoms with van der Waals surface area (Å²) >= 11 is 0. The van der Waals surface area contributed by atoms with E-state index in [9.17, 15) is 13.2 Å². The highest BCUT2D eigenvalue weighted by Crippen LogP contribution is 2.29. The standard InChI is InChI=1S/C18H18N2O4S/c21-18(17-12-13-4-1-2-5-16(13)24-17)19-14-6-8-15(9-7-14)20-10-3-11-25(20,22)23/h1-2,4-9,17H,3,10-12H2,(H,19,21). The first-order valence-corrected chi connectivity index (χ1v) is 9.80. The van der Waals surface area contributed by atoms with Crippen LogP contribution in [0.5, 0.6) is 5.75 Å². The molecule has 1 saturated heterocycles. The molecule has 2 aliphatic heterocycles. The van der Waals surface area contributed by atoms with E-state index in [1.54, 1.807) is 24.3 Å². The fourth-order valence-corrected chi connectivity index (χ4v) is 4.76. The zero-order valence-electron chi connectivity index (χ0n) is 13.5.